The summed E-state index contributed by atoms with van der Waals surface area (Å²) in [7, 11) is -3.11. The van der Waals surface area contributed by atoms with Crippen LogP contribution in [0.15, 0.2) is 18.2 Å². The summed E-state index contributed by atoms with van der Waals surface area (Å²) in [4.78, 5) is 2.19. The standard InChI is InChI=1S/C14H20Cl2N2O3S/c1-22(19,20)18-7-3-6-17(8-9-18)10-11-21-14-12(15)4-2-5-13(14)16/h2,4-5H,3,6-11H2,1H3. The van der Waals surface area contributed by atoms with Crippen molar-refractivity contribution in [1.29, 1.82) is 0 Å². The molecule has 1 heterocycles. The summed E-state index contributed by atoms with van der Waals surface area (Å²) in [6, 6.07) is 5.24. The lowest BCUT2D eigenvalue weighted by Gasteiger charge is -2.21. The minimum atomic E-state index is -3.11. The third-order valence-electron chi connectivity index (χ3n) is 3.59. The number of ether oxygens (including phenoxy) is 1. The molecule has 1 saturated heterocycles. The SMILES string of the molecule is CS(=O)(=O)N1CCCN(CCOc2c(Cl)cccc2Cl)CC1. The lowest BCUT2D eigenvalue weighted by molar-refractivity contribution is 0.216. The molecule has 0 unspecified atom stereocenters. The highest BCUT2D eigenvalue weighted by Crippen LogP contribution is 2.32. The topological polar surface area (TPSA) is 49.9 Å². The fourth-order valence-electron chi connectivity index (χ4n) is 2.40. The average Bonchev–Trinajstić information content (AvgIpc) is 2.67. The molecule has 5 nitrogen and oxygen atoms in total. The third-order valence-corrected chi connectivity index (χ3v) is 5.49. The van der Waals surface area contributed by atoms with Gasteiger partial charge in [0.2, 0.25) is 10.0 Å². The molecule has 1 aliphatic heterocycles. The first kappa shape index (κ1) is 17.8. The number of para-hydroxylation sites is 1. The van der Waals surface area contributed by atoms with Crippen LogP contribution in [0.5, 0.6) is 5.75 Å². The zero-order chi connectivity index (χ0) is 16.2. The van der Waals surface area contributed by atoms with Gasteiger partial charge in [-0.25, -0.2) is 12.7 Å². The van der Waals surface area contributed by atoms with Gasteiger partial charge in [-0.15, -0.1) is 0 Å². The first-order valence-corrected chi connectivity index (χ1v) is 9.72. The van der Waals surface area contributed by atoms with Crippen molar-refractivity contribution in [2.24, 2.45) is 0 Å². The van der Waals surface area contributed by atoms with Gasteiger partial charge in [-0.3, -0.25) is 4.90 Å². The largest absolute Gasteiger partial charge is 0.489 e. The van der Waals surface area contributed by atoms with Crippen LogP contribution in [-0.2, 0) is 10.0 Å². The molecular weight excluding hydrogens is 347 g/mol. The number of benzene rings is 1. The Morgan fingerprint density at radius 3 is 2.45 bits per heavy atom. The van der Waals surface area contributed by atoms with Crippen molar-refractivity contribution in [2.75, 3.05) is 45.6 Å². The molecule has 1 fully saturated rings. The summed E-state index contributed by atoms with van der Waals surface area (Å²) in [6.45, 7) is 3.82. The lowest BCUT2D eigenvalue weighted by Crippen LogP contribution is -2.35. The molecule has 1 aliphatic rings. The van der Waals surface area contributed by atoms with Crippen LogP contribution in [0, 0.1) is 0 Å². The first-order valence-electron chi connectivity index (χ1n) is 7.12. The zero-order valence-corrected chi connectivity index (χ0v) is 14.8. The summed E-state index contributed by atoms with van der Waals surface area (Å²) in [5.41, 5.74) is 0. The number of hydrogen-bond acceptors (Lipinski definition) is 4. The highest BCUT2D eigenvalue weighted by Gasteiger charge is 2.21. The van der Waals surface area contributed by atoms with Crippen molar-refractivity contribution in [3.63, 3.8) is 0 Å². The number of nitrogens with zero attached hydrogens (tertiary/aromatic N) is 2. The zero-order valence-electron chi connectivity index (χ0n) is 12.5. The number of rotatable bonds is 5. The van der Waals surface area contributed by atoms with E-state index in [0.29, 0.717) is 48.6 Å². The van der Waals surface area contributed by atoms with E-state index in [0.717, 1.165) is 13.0 Å². The van der Waals surface area contributed by atoms with Gasteiger partial charge in [0, 0.05) is 26.2 Å². The molecule has 0 bridgehead atoms. The van der Waals surface area contributed by atoms with Gasteiger partial charge in [-0.1, -0.05) is 29.3 Å². The number of halogens is 2. The molecule has 8 heteroatoms. The van der Waals surface area contributed by atoms with Crippen LogP contribution in [0.3, 0.4) is 0 Å². The molecule has 2 rings (SSSR count). The number of hydrogen-bond donors (Lipinski definition) is 0. The quantitative estimate of drug-likeness (QED) is 0.802. The summed E-state index contributed by atoms with van der Waals surface area (Å²) in [5, 5.41) is 0.984. The summed E-state index contributed by atoms with van der Waals surface area (Å²) < 4.78 is 30.3. The Hall–Kier alpha value is -0.530. The van der Waals surface area contributed by atoms with Crippen molar-refractivity contribution in [3.8, 4) is 5.75 Å². The van der Waals surface area contributed by atoms with Gasteiger partial charge < -0.3 is 4.74 Å². The molecule has 0 aliphatic carbocycles. The van der Waals surface area contributed by atoms with E-state index in [1.54, 1.807) is 18.2 Å². The Morgan fingerprint density at radius 1 is 1.14 bits per heavy atom. The Labute approximate surface area is 141 Å². The average molecular weight is 367 g/mol. The van der Waals surface area contributed by atoms with E-state index in [1.807, 2.05) is 0 Å². The van der Waals surface area contributed by atoms with E-state index in [4.69, 9.17) is 27.9 Å². The number of sulfonamides is 1. The van der Waals surface area contributed by atoms with Crippen molar-refractivity contribution in [1.82, 2.24) is 9.21 Å². The molecule has 0 radical (unpaired) electrons. The molecule has 0 atom stereocenters. The van der Waals surface area contributed by atoms with Gasteiger partial charge in [0.1, 0.15) is 6.61 Å². The maximum atomic E-state index is 11.6. The smallest absolute Gasteiger partial charge is 0.211 e. The van der Waals surface area contributed by atoms with Crippen LogP contribution >= 0.6 is 23.2 Å². The molecule has 0 spiro atoms. The fraction of sp³-hybridized carbons (Fsp3) is 0.571. The van der Waals surface area contributed by atoms with Gasteiger partial charge in [-0.2, -0.15) is 0 Å². The minimum absolute atomic E-state index is 0.461. The minimum Gasteiger partial charge on any atom is -0.489 e. The van der Waals surface area contributed by atoms with Crippen LogP contribution in [0.4, 0.5) is 0 Å². The van der Waals surface area contributed by atoms with Crippen LogP contribution in [0.25, 0.3) is 0 Å². The second-order valence-electron chi connectivity index (χ2n) is 5.26. The fourth-order valence-corrected chi connectivity index (χ4v) is 3.78. The monoisotopic (exact) mass is 366 g/mol. The molecule has 1 aromatic rings. The van der Waals surface area contributed by atoms with Gasteiger partial charge >= 0.3 is 0 Å². The van der Waals surface area contributed by atoms with Crippen molar-refractivity contribution in [3.05, 3.63) is 28.2 Å². The first-order chi connectivity index (χ1) is 10.4. The molecule has 0 amide bonds. The van der Waals surface area contributed by atoms with Crippen molar-refractivity contribution < 1.29 is 13.2 Å². The third kappa shape index (κ3) is 4.99. The van der Waals surface area contributed by atoms with Crippen LogP contribution < -0.4 is 4.74 Å². The Kier molecular flexibility index (Phi) is 6.35. The normalized spacial score (nSPS) is 18.1. The summed E-state index contributed by atoms with van der Waals surface area (Å²) in [6.07, 6.45) is 2.07. The summed E-state index contributed by atoms with van der Waals surface area (Å²) in [5.74, 6) is 0.499. The van der Waals surface area contributed by atoms with Crippen LogP contribution in [-0.4, -0.2) is 63.2 Å². The van der Waals surface area contributed by atoms with Crippen molar-refractivity contribution in [2.45, 2.75) is 6.42 Å². The second kappa shape index (κ2) is 7.84. The molecule has 0 saturated carbocycles. The molecule has 0 aromatic heterocycles. The van der Waals surface area contributed by atoms with E-state index in [1.165, 1.54) is 10.6 Å². The molecular formula is C14H20Cl2N2O3S. The predicted octanol–water partition coefficient (Wildman–Crippen LogP) is 2.34. The second-order valence-corrected chi connectivity index (χ2v) is 8.05. The highest BCUT2D eigenvalue weighted by atomic mass is 35.5. The molecule has 124 valence electrons. The predicted molar refractivity (Wildman–Crippen MR) is 89.4 cm³/mol. The Bertz CT molecular complexity index is 590. The van der Waals surface area contributed by atoms with E-state index in [9.17, 15) is 8.42 Å². The lowest BCUT2D eigenvalue weighted by atomic mass is 10.3. The van der Waals surface area contributed by atoms with Crippen LogP contribution in [0.2, 0.25) is 10.0 Å². The Balaban J connectivity index is 1.83. The van der Waals surface area contributed by atoms with Crippen molar-refractivity contribution >= 4 is 33.2 Å². The maximum absolute atomic E-state index is 11.6. The van der Waals surface area contributed by atoms with Gasteiger partial charge in [0.05, 0.1) is 16.3 Å². The van der Waals surface area contributed by atoms with E-state index in [-0.39, 0.29) is 0 Å². The molecule has 22 heavy (non-hydrogen) atoms. The van der Waals surface area contributed by atoms with E-state index in [2.05, 4.69) is 4.90 Å². The van der Waals surface area contributed by atoms with Gasteiger partial charge in [-0.05, 0) is 25.1 Å². The molecule has 0 N–H and O–H groups in total. The maximum Gasteiger partial charge on any atom is 0.211 e. The molecule has 1 aromatic carbocycles. The van der Waals surface area contributed by atoms with Gasteiger partial charge in [0.15, 0.2) is 5.75 Å². The Morgan fingerprint density at radius 2 is 1.82 bits per heavy atom. The van der Waals surface area contributed by atoms with E-state index < -0.39 is 10.0 Å². The van der Waals surface area contributed by atoms with Gasteiger partial charge in [0.25, 0.3) is 0 Å². The highest BCUT2D eigenvalue weighted by molar-refractivity contribution is 7.88. The summed E-state index contributed by atoms with van der Waals surface area (Å²) >= 11 is 12.1. The van der Waals surface area contributed by atoms with Crippen LogP contribution in [0.1, 0.15) is 6.42 Å². The van der Waals surface area contributed by atoms with E-state index >= 15 is 0 Å².